The van der Waals surface area contributed by atoms with Gasteiger partial charge >= 0.3 is 0 Å². The van der Waals surface area contributed by atoms with Gasteiger partial charge in [-0.2, -0.15) is 0 Å². The minimum absolute atomic E-state index is 0.0508. The number of hydrogen-bond donors (Lipinski definition) is 2. The number of alkyl halides is 1. The van der Waals surface area contributed by atoms with Gasteiger partial charge in [-0.05, 0) is 12.1 Å². The summed E-state index contributed by atoms with van der Waals surface area (Å²) >= 11 is 5.23. The molecule has 2 amide bonds. The van der Waals surface area contributed by atoms with Crippen LogP contribution in [0.4, 0.5) is 8.78 Å². The Bertz CT molecular complexity index is 434. The summed E-state index contributed by atoms with van der Waals surface area (Å²) in [4.78, 5) is 22.2. The Kier molecular flexibility index (Phi) is 5.51. The van der Waals surface area contributed by atoms with E-state index in [1.807, 2.05) is 0 Å². The van der Waals surface area contributed by atoms with Gasteiger partial charge in [-0.15, -0.1) is 11.6 Å². The van der Waals surface area contributed by atoms with Crippen LogP contribution in [0.3, 0.4) is 0 Å². The van der Waals surface area contributed by atoms with Crippen LogP contribution in [0.15, 0.2) is 18.2 Å². The zero-order valence-corrected chi connectivity index (χ0v) is 10.1. The van der Waals surface area contributed by atoms with E-state index in [0.717, 1.165) is 12.1 Å². The van der Waals surface area contributed by atoms with Crippen molar-refractivity contribution in [2.24, 2.45) is 0 Å². The average Bonchev–Trinajstić information content (AvgIpc) is 2.34. The Labute approximate surface area is 107 Å². The largest absolute Gasteiger partial charge is 0.353 e. The lowest BCUT2D eigenvalue weighted by molar-refractivity contribution is -0.118. The van der Waals surface area contributed by atoms with Crippen molar-refractivity contribution >= 4 is 23.4 Å². The fourth-order valence-electron chi connectivity index (χ4n) is 1.23. The van der Waals surface area contributed by atoms with Gasteiger partial charge in [-0.3, -0.25) is 9.59 Å². The lowest BCUT2D eigenvalue weighted by Crippen LogP contribution is -2.35. The predicted octanol–water partition coefficient (Wildman–Crippen LogP) is 1.05. The fourth-order valence-corrected chi connectivity index (χ4v) is 1.32. The zero-order valence-electron chi connectivity index (χ0n) is 9.30. The molecule has 18 heavy (non-hydrogen) atoms. The maximum atomic E-state index is 13.2. The molecule has 0 radical (unpaired) electrons. The lowest BCUT2D eigenvalue weighted by Gasteiger charge is -2.07. The van der Waals surface area contributed by atoms with Crippen LogP contribution in [0.2, 0.25) is 0 Å². The van der Waals surface area contributed by atoms with Gasteiger partial charge in [0.05, 0.1) is 0 Å². The molecule has 1 aromatic carbocycles. The first-order chi connectivity index (χ1) is 8.56. The third-order valence-electron chi connectivity index (χ3n) is 2.04. The Morgan fingerprint density at radius 3 is 2.22 bits per heavy atom. The second-order valence-electron chi connectivity index (χ2n) is 3.34. The molecule has 0 aliphatic carbocycles. The summed E-state index contributed by atoms with van der Waals surface area (Å²) in [7, 11) is 0. The van der Waals surface area contributed by atoms with E-state index in [9.17, 15) is 18.4 Å². The highest BCUT2D eigenvalue weighted by Crippen LogP contribution is 2.11. The second kappa shape index (κ2) is 6.90. The van der Waals surface area contributed by atoms with Gasteiger partial charge in [0.2, 0.25) is 5.91 Å². The van der Waals surface area contributed by atoms with E-state index in [0.29, 0.717) is 0 Å². The molecule has 0 aliphatic rings. The maximum absolute atomic E-state index is 13.2. The van der Waals surface area contributed by atoms with Crippen LogP contribution >= 0.6 is 11.6 Å². The Balaban J connectivity index is 2.49. The van der Waals surface area contributed by atoms with Gasteiger partial charge in [0.15, 0.2) is 0 Å². The summed E-state index contributed by atoms with van der Waals surface area (Å²) in [6.45, 7) is 0.183. The van der Waals surface area contributed by atoms with Crippen molar-refractivity contribution in [3.8, 4) is 0 Å². The van der Waals surface area contributed by atoms with E-state index in [2.05, 4.69) is 10.6 Å². The van der Waals surface area contributed by atoms with Crippen LogP contribution in [-0.2, 0) is 4.79 Å². The van der Waals surface area contributed by atoms with E-state index in [-0.39, 0.29) is 24.9 Å². The van der Waals surface area contributed by atoms with Crippen molar-refractivity contribution in [3.05, 3.63) is 35.4 Å². The van der Waals surface area contributed by atoms with Crippen molar-refractivity contribution < 1.29 is 18.4 Å². The molecule has 98 valence electrons. The highest BCUT2D eigenvalue weighted by molar-refractivity contribution is 6.27. The number of benzene rings is 1. The molecule has 0 aromatic heterocycles. The summed E-state index contributed by atoms with van der Waals surface area (Å²) in [5.41, 5.74) is -0.638. The first-order valence-corrected chi connectivity index (χ1v) is 5.64. The summed E-state index contributed by atoms with van der Waals surface area (Å²) in [5, 5.41) is 4.68. The topological polar surface area (TPSA) is 58.2 Å². The molecule has 0 bridgehead atoms. The van der Waals surface area contributed by atoms with Crippen molar-refractivity contribution in [3.63, 3.8) is 0 Å². The lowest BCUT2D eigenvalue weighted by atomic mass is 10.2. The molecule has 0 spiro atoms. The SMILES string of the molecule is O=C(CCl)NCCNC(=O)c1c(F)cccc1F. The third-order valence-corrected chi connectivity index (χ3v) is 2.29. The summed E-state index contributed by atoms with van der Waals surface area (Å²) in [6, 6.07) is 3.16. The molecular formula is C11H11ClF2N2O2. The molecule has 0 saturated heterocycles. The van der Waals surface area contributed by atoms with E-state index >= 15 is 0 Å². The summed E-state index contributed by atoms with van der Waals surface area (Å²) in [6.07, 6.45) is 0. The smallest absolute Gasteiger partial charge is 0.257 e. The minimum Gasteiger partial charge on any atom is -0.353 e. The molecule has 0 unspecified atom stereocenters. The molecule has 0 heterocycles. The van der Waals surface area contributed by atoms with Crippen LogP contribution < -0.4 is 10.6 Å². The van der Waals surface area contributed by atoms with Gasteiger partial charge in [0.25, 0.3) is 5.91 Å². The van der Waals surface area contributed by atoms with Gasteiger partial charge in [0.1, 0.15) is 23.1 Å². The first kappa shape index (κ1) is 14.4. The summed E-state index contributed by atoms with van der Waals surface area (Å²) in [5.74, 6) is -3.31. The van der Waals surface area contributed by atoms with E-state index in [4.69, 9.17) is 11.6 Å². The molecule has 2 N–H and O–H groups in total. The predicted molar refractivity (Wildman–Crippen MR) is 62.4 cm³/mol. The van der Waals surface area contributed by atoms with Crippen molar-refractivity contribution in [1.82, 2.24) is 10.6 Å². The molecule has 1 rings (SSSR count). The van der Waals surface area contributed by atoms with Crippen molar-refractivity contribution in [2.45, 2.75) is 0 Å². The Morgan fingerprint density at radius 1 is 1.11 bits per heavy atom. The van der Waals surface area contributed by atoms with E-state index < -0.39 is 23.1 Å². The minimum atomic E-state index is -0.933. The monoisotopic (exact) mass is 276 g/mol. The maximum Gasteiger partial charge on any atom is 0.257 e. The number of hydrogen-bond acceptors (Lipinski definition) is 2. The normalized spacial score (nSPS) is 9.94. The number of carbonyl (C=O) groups is 2. The van der Waals surface area contributed by atoms with Crippen LogP contribution in [0.1, 0.15) is 10.4 Å². The van der Waals surface area contributed by atoms with Crippen LogP contribution in [0.5, 0.6) is 0 Å². The van der Waals surface area contributed by atoms with Gasteiger partial charge in [-0.25, -0.2) is 8.78 Å². The van der Waals surface area contributed by atoms with Crippen LogP contribution in [0.25, 0.3) is 0 Å². The molecule has 0 saturated carbocycles. The number of amides is 2. The van der Waals surface area contributed by atoms with E-state index in [1.54, 1.807) is 0 Å². The van der Waals surface area contributed by atoms with Crippen molar-refractivity contribution in [2.75, 3.05) is 19.0 Å². The molecule has 1 aromatic rings. The van der Waals surface area contributed by atoms with Crippen molar-refractivity contribution in [1.29, 1.82) is 0 Å². The van der Waals surface area contributed by atoms with Gasteiger partial charge in [-0.1, -0.05) is 6.07 Å². The third kappa shape index (κ3) is 3.96. The molecule has 0 aliphatic heterocycles. The second-order valence-corrected chi connectivity index (χ2v) is 3.60. The molecule has 0 fully saturated rings. The van der Waals surface area contributed by atoms with Crippen LogP contribution in [0, 0.1) is 11.6 Å². The zero-order chi connectivity index (χ0) is 13.5. The van der Waals surface area contributed by atoms with Gasteiger partial charge < -0.3 is 10.6 Å². The number of rotatable bonds is 5. The highest BCUT2D eigenvalue weighted by Gasteiger charge is 2.16. The highest BCUT2D eigenvalue weighted by atomic mass is 35.5. The average molecular weight is 277 g/mol. The molecule has 0 atom stereocenters. The standard InChI is InChI=1S/C11H11ClF2N2O2/c12-6-9(17)15-4-5-16-11(18)10-7(13)2-1-3-8(10)14/h1-3H,4-6H2,(H,15,17)(H,16,18). The Hall–Kier alpha value is -1.69. The first-order valence-electron chi connectivity index (χ1n) is 5.11. The fraction of sp³-hybridized carbons (Fsp3) is 0.273. The Morgan fingerprint density at radius 2 is 1.67 bits per heavy atom. The van der Waals surface area contributed by atoms with Gasteiger partial charge in [0, 0.05) is 13.1 Å². The molecule has 7 heteroatoms. The number of carbonyl (C=O) groups excluding carboxylic acids is 2. The van der Waals surface area contributed by atoms with Crippen LogP contribution in [-0.4, -0.2) is 30.8 Å². The number of halogens is 3. The summed E-state index contributed by atoms with van der Waals surface area (Å²) < 4.78 is 26.4. The quantitative estimate of drug-likeness (QED) is 0.624. The van der Waals surface area contributed by atoms with E-state index in [1.165, 1.54) is 6.07 Å². The number of nitrogens with one attached hydrogen (secondary N) is 2. The molecule has 4 nitrogen and oxygen atoms in total. The molecular weight excluding hydrogens is 266 g/mol.